The Balaban J connectivity index is 1.53. The summed E-state index contributed by atoms with van der Waals surface area (Å²) in [5.74, 6) is 0.956. The second-order valence-corrected chi connectivity index (χ2v) is 9.18. The fourth-order valence-electron chi connectivity index (χ4n) is 3.17. The molecule has 1 aromatic heterocycles. The molecule has 0 aliphatic carbocycles. The number of aromatic nitrogens is 2. The number of hydrogen-bond donors (Lipinski definition) is 1. The minimum atomic E-state index is -3.54. The Hall–Kier alpha value is -3.40. The van der Waals surface area contributed by atoms with Crippen molar-refractivity contribution in [1.82, 2.24) is 15.5 Å². The van der Waals surface area contributed by atoms with E-state index in [1.54, 1.807) is 24.3 Å². The summed E-state index contributed by atoms with van der Waals surface area (Å²) in [6.07, 6.45) is 1.59. The monoisotopic (exact) mass is 458 g/mol. The van der Waals surface area contributed by atoms with E-state index in [1.165, 1.54) is 11.4 Å². The van der Waals surface area contributed by atoms with E-state index in [0.29, 0.717) is 29.6 Å². The molecule has 0 radical (unpaired) electrons. The van der Waals surface area contributed by atoms with Gasteiger partial charge in [-0.05, 0) is 31.5 Å². The van der Waals surface area contributed by atoms with Gasteiger partial charge in [0.15, 0.2) is 0 Å². The van der Waals surface area contributed by atoms with Crippen molar-refractivity contribution in [3.8, 4) is 17.1 Å². The predicted octanol–water partition coefficient (Wildman–Crippen LogP) is 2.92. The first-order valence-corrected chi connectivity index (χ1v) is 11.9. The van der Waals surface area contributed by atoms with Crippen molar-refractivity contribution in [3.63, 3.8) is 0 Å². The van der Waals surface area contributed by atoms with Crippen molar-refractivity contribution >= 4 is 21.6 Å². The van der Waals surface area contributed by atoms with Gasteiger partial charge < -0.3 is 14.6 Å². The summed E-state index contributed by atoms with van der Waals surface area (Å²) in [5, 5.41) is 6.67. The van der Waals surface area contributed by atoms with E-state index in [0.717, 1.165) is 17.4 Å². The van der Waals surface area contributed by atoms with Gasteiger partial charge in [0.05, 0.1) is 25.6 Å². The smallest absolute Gasteiger partial charge is 0.246 e. The molecule has 0 bridgehead atoms. The number of rotatable bonds is 10. The normalized spacial score (nSPS) is 11.2. The molecule has 170 valence electrons. The molecule has 1 N–H and O–H groups in total. The Morgan fingerprint density at radius 3 is 2.69 bits per heavy atom. The van der Waals surface area contributed by atoms with Crippen LogP contribution in [-0.4, -0.2) is 44.4 Å². The first kappa shape index (κ1) is 23.3. The number of hydrogen-bond acceptors (Lipinski definition) is 7. The minimum absolute atomic E-state index is 0.0972. The zero-order valence-electron chi connectivity index (χ0n) is 18.2. The van der Waals surface area contributed by atoms with E-state index < -0.39 is 10.0 Å². The fraction of sp³-hybridized carbons (Fsp3) is 0.318. The van der Waals surface area contributed by atoms with Crippen molar-refractivity contribution in [2.24, 2.45) is 0 Å². The number of ether oxygens (including phenoxy) is 1. The lowest BCUT2D eigenvalue weighted by Gasteiger charge is -2.24. The molecule has 0 saturated carbocycles. The lowest BCUT2D eigenvalue weighted by Crippen LogP contribution is -2.32. The Bertz CT molecular complexity index is 1180. The lowest BCUT2D eigenvalue weighted by atomic mass is 10.1. The summed E-state index contributed by atoms with van der Waals surface area (Å²) >= 11 is 0. The Labute approximate surface area is 187 Å². The van der Waals surface area contributed by atoms with Crippen LogP contribution in [0.5, 0.6) is 5.75 Å². The standard InChI is InChI=1S/C22H26N4O5S/c1-16-8-6-9-17(14-16)22-24-21(31-25-22)15-23-20(27)12-7-13-26(32(3,28)29)18-10-4-5-11-19(18)30-2/h4-6,8-11,14H,7,12-13,15H2,1-3H3,(H,23,27). The molecule has 0 fully saturated rings. The molecule has 0 saturated heterocycles. The number of nitrogens with one attached hydrogen (secondary N) is 1. The second-order valence-electron chi connectivity index (χ2n) is 7.27. The van der Waals surface area contributed by atoms with Crippen LogP contribution in [0.25, 0.3) is 11.4 Å². The number of anilines is 1. The maximum absolute atomic E-state index is 12.3. The third-order valence-corrected chi connectivity index (χ3v) is 5.88. The maximum atomic E-state index is 12.3. The third kappa shape index (κ3) is 6.07. The highest BCUT2D eigenvalue weighted by atomic mass is 32.2. The van der Waals surface area contributed by atoms with Gasteiger partial charge in [0.2, 0.25) is 27.6 Å². The molecule has 32 heavy (non-hydrogen) atoms. The van der Waals surface area contributed by atoms with Crippen molar-refractivity contribution < 1.29 is 22.5 Å². The first-order valence-electron chi connectivity index (χ1n) is 10.0. The first-order chi connectivity index (χ1) is 15.3. The van der Waals surface area contributed by atoms with Gasteiger partial charge in [0.25, 0.3) is 0 Å². The predicted molar refractivity (Wildman–Crippen MR) is 121 cm³/mol. The van der Waals surface area contributed by atoms with Crippen molar-refractivity contribution in [1.29, 1.82) is 0 Å². The average Bonchev–Trinajstić information content (AvgIpc) is 3.24. The van der Waals surface area contributed by atoms with Crippen molar-refractivity contribution in [3.05, 3.63) is 60.0 Å². The van der Waals surface area contributed by atoms with Crippen molar-refractivity contribution in [2.45, 2.75) is 26.3 Å². The van der Waals surface area contributed by atoms with Crippen LogP contribution < -0.4 is 14.4 Å². The van der Waals surface area contributed by atoms with Crippen LogP contribution in [0.3, 0.4) is 0 Å². The van der Waals surface area contributed by atoms with Crippen LogP contribution >= 0.6 is 0 Å². The zero-order chi connectivity index (χ0) is 23.1. The van der Waals surface area contributed by atoms with Crippen LogP contribution in [0.2, 0.25) is 0 Å². The summed E-state index contributed by atoms with van der Waals surface area (Å²) in [4.78, 5) is 16.5. The van der Waals surface area contributed by atoms with E-state index >= 15 is 0 Å². The molecule has 0 aliphatic rings. The largest absolute Gasteiger partial charge is 0.495 e. The number of sulfonamides is 1. The molecule has 0 spiro atoms. The van der Waals surface area contributed by atoms with Gasteiger partial charge in [0, 0.05) is 18.5 Å². The lowest BCUT2D eigenvalue weighted by molar-refractivity contribution is -0.121. The molecule has 2 aromatic carbocycles. The van der Waals surface area contributed by atoms with E-state index in [2.05, 4.69) is 15.5 Å². The summed E-state index contributed by atoms with van der Waals surface area (Å²) < 4.78 is 36.3. The SMILES string of the molecule is COc1ccccc1N(CCCC(=O)NCc1nc(-c2cccc(C)c2)no1)S(C)(=O)=O. The second kappa shape index (κ2) is 10.3. The number of benzene rings is 2. The summed E-state index contributed by atoms with van der Waals surface area (Å²) in [7, 11) is -2.06. The van der Waals surface area contributed by atoms with E-state index in [-0.39, 0.29) is 25.4 Å². The highest BCUT2D eigenvalue weighted by Crippen LogP contribution is 2.29. The Morgan fingerprint density at radius 1 is 1.19 bits per heavy atom. The molecular formula is C22H26N4O5S. The highest BCUT2D eigenvalue weighted by molar-refractivity contribution is 7.92. The zero-order valence-corrected chi connectivity index (χ0v) is 19.1. The molecule has 0 unspecified atom stereocenters. The van der Waals surface area contributed by atoms with E-state index in [4.69, 9.17) is 9.26 Å². The minimum Gasteiger partial charge on any atom is -0.495 e. The number of carbonyl (C=O) groups is 1. The molecule has 1 amide bonds. The molecule has 0 aliphatic heterocycles. The molecule has 0 atom stereocenters. The molecule has 9 nitrogen and oxygen atoms in total. The molecular weight excluding hydrogens is 432 g/mol. The van der Waals surface area contributed by atoms with Crippen molar-refractivity contribution in [2.75, 3.05) is 24.2 Å². The van der Waals surface area contributed by atoms with Crippen LogP contribution in [-0.2, 0) is 21.4 Å². The van der Waals surface area contributed by atoms with Crippen LogP contribution in [0.1, 0.15) is 24.3 Å². The van der Waals surface area contributed by atoms with E-state index in [1.807, 2.05) is 31.2 Å². The van der Waals surface area contributed by atoms with Gasteiger partial charge in [-0.25, -0.2) is 8.42 Å². The Morgan fingerprint density at radius 2 is 1.97 bits per heavy atom. The number of amides is 1. The average molecular weight is 459 g/mol. The highest BCUT2D eigenvalue weighted by Gasteiger charge is 2.21. The number of aryl methyl sites for hydroxylation is 1. The number of nitrogens with zero attached hydrogens (tertiary/aromatic N) is 3. The van der Waals surface area contributed by atoms with Gasteiger partial charge in [-0.3, -0.25) is 9.10 Å². The fourth-order valence-corrected chi connectivity index (χ4v) is 4.14. The van der Waals surface area contributed by atoms with Gasteiger partial charge in [-0.2, -0.15) is 4.98 Å². The molecule has 3 rings (SSSR count). The van der Waals surface area contributed by atoms with Gasteiger partial charge in [-0.1, -0.05) is 41.1 Å². The summed E-state index contributed by atoms with van der Waals surface area (Å²) in [6, 6.07) is 14.6. The quantitative estimate of drug-likeness (QED) is 0.497. The topological polar surface area (TPSA) is 115 Å². The Kier molecular flexibility index (Phi) is 7.47. The van der Waals surface area contributed by atoms with Gasteiger partial charge in [-0.15, -0.1) is 0 Å². The van der Waals surface area contributed by atoms with Crippen LogP contribution in [0.4, 0.5) is 5.69 Å². The number of para-hydroxylation sites is 2. The van der Waals surface area contributed by atoms with Gasteiger partial charge in [0.1, 0.15) is 5.75 Å². The summed E-state index contributed by atoms with van der Waals surface area (Å²) in [6.45, 7) is 2.22. The third-order valence-electron chi connectivity index (χ3n) is 4.70. The number of methoxy groups -OCH3 is 1. The summed E-state index contributed by atoms with van der Waals surface area (Å²) in [5.41, 5.74) is 2.36. The van der Waals surface area contributed by atoms with Crippen LogP contribution in [0.15, 0.2) is 53.1 Å². The van der Waals surface area contributed by atoms with Crippen LogP contribution in [0, 0.1) is 6.92 Å². The number of carbonyl (C=O) groups excluding carboxylic acids is 1. The molecule has 10 heteroatoms. The molecule has 1 heterocycles. The molecule has 3 aromatic rings. The maximum Gasteiger partial charge on any atom is 0.246 e. The van der Waals surface area contributed by atoms with Gasteiger partial charge >= 0.3 is 0 Å². The van der Waals surface area contributed by atoms with E-state index in [9.17, 15) is 13.2 Å².